The number of hydrogen-bond donors (Lipinski definition) is 1. The van der Waals surface area contributed by atoms with E-state index in [-0.39, 0.29) is 0 Å². The number of rotatable bonds is 11. The molecular weight excluding hydrogens is 256 g/mol. The zero-order valence-corrected chi connectivity index (χ0v) is 12.5. The number of ether oxygens (including phenoxy) is 3. The Morgan fingerprint density at radius 2 is 1.95 bits per heavy atom. The largest absolute Gasteiger partial charge is 0.497 e. The number of nitrogens with zero attached hydrogens (tertiary/aromatic N) is 1. The fourth-order valence-corrected chi connectivity index (χ4v) is 1.88. The maximum absolute atomic E-state index is 5.61. The van der Waals surface area contributed by atoms with E-state index in [0.717, 1.165) is 30.9 Å². The Hall–Kier alpha value is -1.30. The third-order valence-electron chi connectivity index (χ3n) is 2.99. The summed E-state index contributed by atoms with van der Waals surface area (Å²) in [6, 6.07) is 8.05. The van der Waals surface area contributed by atoms with E-state index in [9.17, 15) is 0 Å². The molecule has 114 valence electrons. The van der Waals surface area contributed by atoms with Gasteiger partial charge in [-0.2, -0.15) is 0 Å². The van der Waals surface area contributed by atoms with Crippen molar-refractivity contribution in [1.29, 1.82) is 0 Å². The molecule has 0 atom stereocenters. The Morgan fingerprint density at radius 1 is 1.10 bits per heavy atom. The second-order valence-corrected chi connectivity index (χ2v) is 4.44. The monoisotopic (exact) mass is 282 g/mol. The number of methoxy groups -OCH3 is 2. The highest BCUT2D eigenvalue weighted by Crippen LogP contribution is 2.20. The predicted octanol–water partition coefficient (Wildman–Crippen LogP) is 1.51. The van der Waals surface area contributed by atoms with Crippen LogP contribution in [0.5, 0.6) is 5.75 Å². The summed E-state index contributed by atoms with van der Waals surface area (Å²) in [5, 5.41) is 0. The van der Waals surface area contributed by atoms with Gasteiger partial charge in [0, 0.05) is 32.0 Å². The average Bonchev–Trinajstić information content (AvgIpc) is 2.50. The highest BCUT2D eigenvalue weighted by Gasteiger charge is 2.07. The van der Waals surface area contributed by atoms with Gasteiger partial charge in [-0.05, 0) is 25.1 Å². The van der Waals surface area contributed by atoms with Crippen molar-refractivity contribution in [3.05, 3.63) is 24.3 Å². The molecule has 5 nitrogen and oxygen atoms in total. The van der Waals surface area contributed by atoms with Gasteiger partial charge in [0.1, 0.15) is 5.75 Å². The maximum Gasteiger partial charge on any atom is 0.120 e. The SMILES string of the molecule is COCCOCCN(CCCN)c1cccc(OC)c1. The Morgan fingerprint density at radius 3 is 2.65 bits per heavy atom. The molecule has 0 aromatic heterocycles. The van der Waals surface area contributed by atoms with E-state index in [1.165, 1.54) is 0 Å². The van der Waals surface area contributed by atoms with Crippen molar-refractivity contribution in [2.75, 3.05) is 58.6 Å². The lowest BCUT2D eigenvalue weighted by atomic mass is 10.2. The molecule has 0 saturated heterocycles. The molecule has 0 spiro atoms. The lowest BCUT2D eigenvalue weighted by Gasteiger charge is -2.25. The van der Waals surface area contributed by atoms with Crippen LogP contribution in [0, 0.1) is 0 Å². The van der Waals surface area contributed by atoms with E-state index in [1.807, 2.05) is 18.2 Å². The Kier molecular flexibility index (Phi) is 8.78. The van der Waals surface area contributed by atoms with Crippen LogP contribution in [-0.4, -0.2) is 53.7 Å². The summed E-state index contributed by atoms with van der Waals surface area (Å²) < 4.78 is 15.8. The first kappa shape index (κ1) is 16.8. The molecule has 2 N–H and O–H groups in total. The van der Waals surface area contributed by atoms with Crippen molar-refractivity contribution in [3.63, 3.8) is 0 Å². The fraction of sp³-hybridized carbons (Fsp3) is 0.600. The predicted molar refractivity (Wildman–Crippen MR) is 81.6 cm³/mol. The van der Waals surface area contributed by atoms with Gasteiger partial charge >= 0.3 is 0 Å². The molecule has 0 aliphatic carbocycles. The molecule has 0 amide bonds. The van der Waals surface area contributed by atoms with Gasteiger partial charge in [-0.3, -0.25) is 0 Å². The van der Waals surface area contributed by atoms with E-state index in [1.54, 1.807) is 14.2 Å². The quantitative estimate of drug-likeness (QED) is 0.624. The molecule has 0 aliphatic heterocycles. The van der Waals surface area contributed by atoms with Gasteiger partial charge in [-0.1, -0.05) is 6.07 Å². The summed E-state index contributed by atoms with van der Waals surface area (Å²) in [6.07, 6.45) is 0.954. The van der Waals surface area contributed by atoms with E-state index in [4.69, 9.17) is 19.9 Å². The first-order valence-corrected chi connectivity index (χ1v) is 6.97. The standard InChI is InChI=1S/C15H26N2O3/c1-18-11-12-20-10-9-17(8-4-7-16)14-5-3-6-15(13-14)19-2/h3,5-6,13H,4,7-12,16H2,1-2H3. The van der Waals surface area contributed by atoms with Crippen molar-refractivity contribution >= 4 is 5.69 Å². The summed E-state index contributed by atoms with van der Waals surface area (Å²) in [5.74, 6) is 0.862. The van der Waals surface area contributed by atoms with Gasteiger partial charge < -0.3 is 24.8 Å². The highest BCUT2D eigenvalue weighted by molar-refractivity contribution is 5.50. The minimum absolute atomic E-state index is 0.624. The Balaban J connectivity index is 2.53. The van der Waals surface area contributed by atoms with Crippen molar-refractivity contribution in [2.45, 2.75) is 6.42 Å². The first-order chi connectivity index (χ1) is 9.81. The van der Waals surface area contributed by atoms with E-state index < -0.39 is 0 Å². The van der Waals surface area contributed by atoms with Crippen molar-refractivity contribution in [2.24, 2.45) is 5.73 Å². The third-order valence-corrected chi connectivity index (χ3v) is 2.99. The minimum atomic E-state index is 0.624. The first-order valence-electron chi connectivity index (χ1n) is 6.97. The molecule has 5 heteroatoms. The number of anilines is 1. The van der Waals surface area contributed by atoms with E-state index in [2.05, 4.69) is 11.0 Å². The molecule has 20 heavy (non-hydrogen) atoms. The van der Waals surface area contributed by atoms with Gasteiger partial charge in [0.2, 0.25) is 0 Å². The van der Waals surface area contributed by atoms with E-state index >= 15 is 0 Å². The van der Waals surface area contributed by atoms with Crippen LogP contribution >= 0.6 is 0 Å². The molecule has 0 radical (unpaired) electrons. The molecule has 0 bridgehead atoms. The van der Waals surface area contributed by atoms with Crippen LogP contribution in [0.1, 0.15) is 6.42 Å². The molecule has 0 fully saturated rings. The smallest absolute Gasteiger partial charge is 0.120 e. The van der Waals surface area contributed by atoms with Crippen LogP contribution in [0.15, 0.2) is 24.3 Å². The van der Waals surface area contributed by atoms with Crippen LogP contribution < -0.4 is 15.4 Å². The summed E-state index contributed by atoms with van der Waals surface area (Å²) in [5.41, 5.74) is 6.74. The zero-order valence-electron chi connectivity index (χ0n) is 12.5. The molecule has 0 heterocycles. The van der Waals surface area contributed by atoms with Gasteiger partial charge in [0.15, 0.2) is 0 Å². The zero-order chi connectivity index (χ0) is 14.6. The van der Waals surface area contributed by atoms with Crippen molar-refractivity contribution < 1.29 is 14.2 Å². The molecule has 1 rings (SSSR count). The highest BCUT2D eigenvalue weighted by atomic mass is 16.5. The van der Waals surface area contributed by atoms with Crippen LogP contribution in [0.2, 0.25) is 0 Å². The normalized spacial score (nSPS) is 10.6. The van der Waals surface area contributed by atoms with E-state index in [0.29, 0.717) is 26.4 Å². The second kappa shape index (κ2) is 10.5. The number of benzene rings is 1. The van der Waals surface area contributed by atoms with Gasteiger partial charge in [0.25, 0.3) is 0 Å². The van der Waals surface area contributed by atoms with Gasteiger partial charge in [-0.15, -0.1) is 0 Å². The third kappa shape index (κ3) is 6.23. The molecule has 1 aromatic rings. The van der Waals surface area contributed by atoms with Crippen molar-refractivity contribution in [1.82, 2.24) is 0 Å². The fourth-order valence-electron chi connectivity index (χ4n) is 1.88. The summed E-state index contributed by atoms with van der Waals surface area (Å²) in [7, 11) is 3.35. The second-order valence-electron chi connectivity index (χ2n) is 4.44. The van der Waals surface area contributed by atoms with Crippen LogP contribution in [-0.2, 0) is 9.47 Å². The Labute approximate surface area is 121 Å². The number of hydrogen-bond acceptors (Lipinski definition) is 5. The maximum atomic E-state index is 5.61. The summed E-state index contributed by atoms with van der Waals surface area (Å²) in [4.78, 5) is 2.27. The Bertz CT molecular complexity index is 361. The lowest BCUT2D eigenvalue weighted by Crippen LogP contribution is -2.30. The number of nitrogens with two attached hydrogens (primary N) is 1. The van der Waals surface area contributed by atoms with Gasteiger partial charge in [0.05, 0.1) is 26.9 Å². The minimum Gasteiger partial charge on any atom is -0.497 e. The van der Waals surface area contributed by atoms with Gasteiger partial charge in [-0.25, -0.2) is 0 Å². The molecule has 1 aromatic carbocycles. The molecule has 0 unspecified atom stereocenters. The topological polar surface area (TPSA) is 57.0 Å². The summed E-state index contributed by atoms with van der Waals surface area (Å²) >= 11 is 0. The average molecular weight is 282 g/mol. The summed E-state index contributed by atoms with van der Waals surface area (Å²) in [6.45, 7) is 4.35. The van der Waals surface area contributed by atoms with Crippen LogP contribution in [0.25, 0.3) is 0 Å². The molecule has 0 saturated carbocycles. The van der Waals surface area contributed by atoms with Crippen LogP contribution in [0.3, 0.4) is 0 Å². The molecular formula is C15H26N2O3. The lowest BCUT2D eigenvalue weighted by molar-refractivity contribution is 0.0740. The van der Waals surface area contributed by atoms with Crippen molar-refractivity contribution in [3.8, 4) is 5.75 Å². The van der Waals surface area contributed by atoms with Crippen LogP contribution in [0.4, 0.5) is 5.69 Å². The molecule has 0 aliphatic rings.